The Morgan fingerprint density at radius 2 is 1.67 bits per heavy atom. The molecule has 3 aromatic carbocycles. The Morgan fingerprint density at radius 3 is 2.39 bits per heavy atom. The Labute approximate surface area is 190 Å². The second kappa shape index (κ2) is 8.47. The van der Waals surface area contributed by atoms with E-state index in [2.05, 4.69) is 6.07 Å². The minimum atomic E-state index is -0.250. The number of methoxy groups -OCH3 is 1. The molecule has 5 aromatic rings. The average Bonchev–Trinajstić information content (AvgIpc) is 3.11. The summed E-state index contributed by atoms with van der Waals surface area (Å²) < 4.78 is 26.4. The minimum Gasteiger partial charge on any atom is -0.497 e. The zero-order chi connectivity index (χ0) is 22.9. The standard InChI is InChI=1S/C27H23FN2O3/c1-30-15-21-13-20-12-19(11-17-3-7-22(28)8-4-17)14-29-25(20)26(24(21)27(30)31)33-16-18-5-9-23(32-2)10-6-18/h3-10,12-15,31H,11,16H2,1-2H3. The van der Waals surface area contributed by atoms with E-state index in [1.54, 1.807) is 37.1 Å². The molecule has 5 nitrogen and oxygen atoms in total. The van der Waals surface area contributed by atoms with Crippen LogP contribution in [-0.4, -0.2) is 21.8 Å². The fourth-order valence-corrected chi connectivity index (χ4v) is 4.05. The highest BCUT2D eigenvalue weighted by molar-refractivity contribution is 6.06. The molecule has 33 heavy (non-hydrogen) atoms. The molecule has 0 radical (unpaired) electrons. The number of rotatable bonds is 6. The first-order valence-corrected chi connectivity index (χ1v) is 10.6. The van der Waals surface area contributed by atoms with Crippen LogP contribution in [0.1, 0.15) is 16.7 Å². The van der Waals surface area contributed by atoms with Crippen molar-refractivity contribution in [2.75, 3.05) is 7.11 Å². The summed E-state index contributed by atoms with van der Waals surface area (Å²) in [6, 6.07) is 18.2. The first kappa shape index (κ1) is 20.8. The number of pyridine rings is 1. The molecule has 5 rings (SSSR count). The summed E-state index contributed by atoms with van der Waals surface area (Å²) in [5.74, 6) is 1.21. The first-order valence-electron chi connectivity index (χ1n) is 10.6. The van der Waals surface area contributed by atoms with Gasteiger partial charge in [0.1, 0.15) is 23.7 Å². The summed E-state index contributed by atoms with van der Waals surface area (Å²) >= 11 is 0. The van der Waals surface area contributed by atoms with E-state index in [1.807, 2.05) is 36.5 Å². The summed E-state index contributed by atoms with van der Waals surface area (Å²) in [6.07, 6.45) is 4.32. The van der Waals surface area contributed by atoms with E-state index in [0.717, 1.165) is 33.2 Å². The predicted molar refractivity (Wildman–Crippen MR) is 126 cm³/mol. The Balaban J connectivity index is 1.54. The Kier molecular flexibility index (Phi) is 5.34. The molecule has 0 aliphatic rings. The summed E-state index contributed by atoms with van der Waals surface area (Å²) in [6.45, 7) is 0.325. The van der Waals surface area contributed by atoms with Crippen molar-refractivity contribution in [2.24, 2.45) is 7.05 Å². The van der Waals surface area contributed by atoms with Crippen molar-refractivity contribution < 1.29 is 19.0 Å². The van der Waals surface area contributed by atoms with Crippen LogP contribution < -0.4 is 9.47 Å². The third-order valence-corrected chi connectivity index (χ3v) is 5.77. The van der Waals surface area contributed by atoms with Gasteiger partial charge in [-0.15, -0.1) is 0 Å². The van der Waals surface area contributed by atoms with Gasteiger partial charge >= 0.3 is 0 Å². The van der Waals surface area contributed by atoms with Crippen molar-refractivity contribution in [1.82, 2.24) is 9.55 Å². The molecule has 2 heterocycles. The van der Waals surface area contributed by atoms with Gasteiger partial charge in [-0.25, -0.2) is 4.39 Å². The van der Waals surface area contributed by atoms with Gasteiger partial charge < -0.3 is 19.1 Å². The third kappa shape index (κ3) is 4.07. The number of aromatic nitrogens is 2. The second-order valence-corrected chi connectivity index (χ2v) is 8.09. The van der Waals surface area contributed by atoms with E-state index in [4.69, 9.17) is 14.5 Å². The number of aromatic hydroxyl groups is 1. The monoisotopic (exact) mass is 442 g/mol. The number of aryl methyl sites for hydroxylation is 1. The molecule has 0 fully saturated rings. The largest absolute Gasteiger partial charge is 0.497 e. The normalized spacial score (nSPS) is 11.2. The minimum absolute atomic E-state index is 0.133. The highest BCUT2D eigenvalue weighted by Crippen LogP contribution is 2.40. The molecule has 6 heteroatoms. The van der Waals surface area contributed by atoms with Gasteiger partial charge in [-0.2, -0.15) is 0 Å². The van der Waals surface area contributed by atoms with Gasteiger partial charge in [0.25, 0.3) is 0 Å². The number of ether oxygens (including phenoxy) is 2. The van der Waals surface area contributed by atoms with Crippen LogP contribution >= 0.6 is 0 Å². The Bertz CT molecular complexity index is 1440. The second-order valence-electron chi connectivity index (χ2n) is 8.09. The fourth-order valence-electron chi connectivity index (χ4n) is 4.05. The molecule has 1 N–H and O–H groups in total. The number of fused-ring (bicyclic) bond motifs is 2. The zero-order valence-corrected chi connectivity index (χ0v) is 18.4. The van der Waals surface area contributed by atoms with Crippen LogP contribution in [0.25, 0.3) is 21.7 Å². The van der Waals surface area contributed by atoms with Crippen molar-refractivity contribution in [3.63, 3.8) is 0 Å². The summed E-state index contributed by atoms with van der Waals surface area (Å²) in [4.78, 5) is 4.70. The summed E-state index contributed by atoms with van der Waals surface area (Å²) in [5, 5.41) is 13.1. The quantitative estimate of drug-likeness (QED) is 0.364. The topological polar surface area (TPSA) is 56.5 Å². The number of hydrogen-bond acceptors (Lipinski definition) is 4. The van der Waals surface area contributed by atoms with E-state index < -0.39 is 0 Å². The number of halogens is 1. The molecule has 0 atom stereocenters. The Morgan fingerprint density at radius 1 is 0.939 bits per heavy atom. The molecule has 0 bridgehead atoms. The van der Waals surface area contributed by atoms with Crippen LogP contribution in [0, 0.1) is 5.82 Å². The Hall–Kier alpha value is -4.06. The highest BCUT2D eigenvalue weighted by Gasteiger charge is 2.18. The van der Waals surface area contributed by atoms with E-state index >= 15 is 0 Å². The van der Waals surface area contributed by atoms with Gasteiger partial charge in [-0.1, -0.05) is 24.3 Å². The van der Waals surface area contributed by atoms with Crippen molar-refractivity contribution >= 4 is 21.7 Å². The van der Waals surface area contributed by atoms with Gasteiger partial charge in [0, 0.05) is 30.2 Å². The van der Waals surface area contributed by atoms with Crippen molar-refractivity contribution in [3.8, 4) is 17.4 Å². The molecule has 0 spiro atoms. The van der Waals surface area contributed by atoms with Crippen LogP contribution in [-0.2, 0) is 20.1 Å². The lowest BCUT2D eigenvalue weighted by molar-refractivity contribution is 0.311. The highest BCUT2D eigenvalue weighted by atomic mass is 19.1. The molecule has 0 aliphatic heterocycles. The number of benzene rings is 3. The lowest BCUT2D eigenvalue weighted by Crippen LogP contribution is -1.99. The van der Waals surface area contributed by atoms with Gasteiger partial charge in [-0.05, 0) is 59.5 Å². The summed E-state index contributed by atoms with van der Waals surface area (Å²) in [7, 11) is 3.42. The number of hydrogen-bond donors (Lipinski definition) is 1. The van der Waals surface area contributed by atoms with Crippen LogP contribution in [0.2, 0.25) is 0 Å². The third-order valence-electron chi connectivity index (χ3n) is 5.77. The summed E-state index contributed by atoms with van der Waals surface area (Å²) in [5.41, 5.74) is 3.67. The first-order chi connectivity index (χ1) is 16.0. The lowest BCUT2D eigenvalue weighted by atomic mass is 10.0. The molecule has 0 saturated carbocycles. The molecule has 2 aromatic heterocycles. The average molecular weight is 442 g/mol. The maximum Gasteiger partial charge on any atom is 0.202 e. The predicted octanol–water partition coefficient (Wildman–Crippen LogP) is 5.75. The van der Waals surface area contributed by atoms with Crippen molar-refractivity contribution in [2.45, 2.75) is 13.0 Å². The number of nitrogens with zero attached hydrogens (tertiary/aromatic N) is 2. The molecular formula is C27H23FN2O3. The van der Waals surface area contributed by atoms with E-state index in [9.17, 15) is 9.50 Å². The van der Waals surface area contributed by atoms with Gasteiger partial charge in [0.15, 0.2) is 5.75 Å². The molecule has 0 aliphatic carbocycles. The SMILES string of the molecule is COc1ccc(COc2c3ncc(Cc4ccc(F)cc4)cc3cc3cn(C)c(O)c23)cc1. The fraction of sp³-hybridized carbons (Fsp3) is 0.148. The molecular weight excluding hydrogens is 419 g/mol. The van der Waals surface area contributed by atoms with Gasteiger partial charge in [0.2, 0.25) is 5.88 Å². The van der Waals surface area contributed by atoms with Gasteiger partial charge in [-0.3, -0.25) is 4.98 Å². The zero-order valence-electron chi connectivity index (χ0n) is 18.4. The lowest BCUT2D eigenvalue weighted by Gasteiger charge is -2.12. The van der Waals surface area contributed by atoms with Crippen LogP contribution in [0.3, 0.4) is 0 Å². The van der Waals surface area contributed by atoms with E-state index in [0.29, 0.717) is 29.7 Å². The smallest absolute Gasteiger partial charge is 0.202 e. The molecule has 0 saturated heterocycles. The van der Waals surface area contributed by atoms with Crippen LogP contribution in [0.4, 0.5) is 4.39 Å². The van der Waals surface area contributed by atoms with Crippen LogP contribution in [0.5, 0.6) is 17.4 Å². The van der Waals surface area contributed by atoms with Gasteiger partial charge in [0.05, 0.1) is 12.5 Å². The van der Waals surface area contributed by atoms with E-state index in [1.165, 1.54) is 12.1 Å². The molecule has 0 unspecified atom stereocenters. The molecule has 166 valence electrons. The van der Waals surface area contributed by atoms with Crippen molar-refractivity contribution in [3.05, 3.63) is 95.6 Å². The van der Waals surface area contributed by atoms with Crippen molar-refractivity contribution in [1.29, 1.82) is 0 Å². The maximum atomic E-state index is 13.2. The maximum absolute atomic E-state index is 13.2. The van der Waals surface area contributed by atoms with Crippen LogP contribution in [0.15, 0.2) is 73.1 Å². The van der Waals surface area contributed by atoms with E-state index in [-0.39, 0.29) is 11.7 Å². The molecule has 0 amide bonds.